The lowest BCUT2D eigenvalue weighted by molar-refractivity contribution is -0.914. The number of ether oxygens (including phenoxy) is 1. The van der Waals surface area contributed by atoms with Crippen LogP contribution >= 0.6 is 0 Å². The smallest absolute Gasteiger partial charge is 0.232 e. The van der Waals surface area contributed by atoms with Gasteiger partial charge in [0.25, 0.3) is 0 Å². The zero-order valence-electron chi connectivity index (χ0n) is 18.2. The Hall–Kier alpha value is -3.05. The Morgan fingerprint density at radius 1 is 1.03 bits per heavy atom. The number of allylic oxidation sites excluding steroid dienone is 1. The second-order valence-electron chi connectivity index (χ2n) is 8.18. The van der Waals surface area contributed by atoms with Crippen molar-refractivity contribution in [2.24, 2.45) is 0 Å². The van der Waals surface area contributed by atoms with Crippen LogP contribution < -0.4 is 14.7 Å². The van der Waals surface area contributed by atoms with Crippen LogP contribution in [-0.4, -0.2) is 18.9 Å². The summed E-state index contributed by atoms with van der Waals surface area (Å²) in [5.41, 5.74) is 1.81. The third-order valence-electron chi connectivity index (χ3n) is 5.81. The highest BCUT2D eigenvalue weighted by atomic mass is 16.5. The fraction of sp³-hybridized carbons (Fsp3) is 0.346. The van der Waals surface area contributed by atoms with Gasteiger partial charge in [-0.1, -0.05) is 56.7 Å². The van der Waals surface area contributed by atoms with Crippen LogP contribution in [0.5, 0.6) is 11.5 Å². The highest BCUT2D eigenvalue weighted by Gasteiger charge is 2.31. The third-order valence-corrected chi connectivity index (χ3v) is 5.81. The molecule has 5 heteroatoms. The summed E-state index contributed by atoms with van der Waals surface area (Å²) in [4.78, 5) is 14.3. The first-order chi connectivity index (χ1) is 15.1. The summed E-state index contributed by atoms with van der Waals surface area (Å²) in [7, 11) is 0. The van der Waals surface area contributed by atoms with Gasteiger partial charge in [0, 0.05) is 17.0 Å². The highest BCUT2D eigenvalue weighted by Crippen LogP contribution is 2.38. The summed E-state index contributed by atoms with van der Waals surface area (Å²) in [6.07, 6.45) is 6.08. The van der Waals surface area contributed by atoms with Crippen molar-refractivity contribution in [2.45, 2.75) is 46.1 Å². The van der Waals surface area contributed by atoms with Crippen molar-refractivity contribution in [1.29, 1.82) is 0 Å². The van der Waals surface area contributed by atoms with Crippen molar-refractivity contribution in [1.82, 2.24) is 0 Å². The lowest BCUT2D eigenvalue weighted by Gasteiger charge is -2.23. The largest absolute Gasteiger partial charge is 0.872 e. The topological polar surface area (TPSA) is 66.9 Å². The zero-order valence-corrected chi connectivity index (χ0v) is 18.2. The summed E-state index contributed by atoms with van der Waals surface area (Å²) < 4.78 is 11.8. The predicted octanol–water partition coefficient (Wildman–Crippen LogP) is 4.11. The molecule has 0 spiro atoms. The summed E-state index contributed by atoms with van der Waals surface area (Å²) >= 11 is 0. The molecule has 0 bridgehead atoms. The summed E-state index contributed by atoms with van der Waals surface area (Å²) in [5, 5.41) is 13.7. The van der Waals surface area contributed by atoms with Crippen LogP contribution in [0.4, 0.5) is 0 Å². The minimum Gasteiger partial charge on any atom is -0.872 e. The predicted molar refractivity (Wildman–Crippen MR) is 119 cm³/mol. The Morgan fingerprint density at radius 3 is 2.48 bits per heavy atom. The van der Waals surface area contributed by atoms with Gasteiger partial charge in [-0.25, -0.2) is 0 Å². The SMILES string of the molecule is CCCC[NH+](CCCC)Cc1c([O-])ccc2c1O/C(=C\c1cc3ccccc3o1)C2=O. The number of carbonyl (C=O) groups excluding carboxylic acids is 1. The fourth-order valence-corrected chi connectivity index (χ4v) is 4.06. The van der Waals surface area contributed by atoms with Crippen LogP contribution in [0.3, 0.4) is 0 Å². The molecular weight excluding hydrogens is 390 g/mol. The Kier molecular flexibility index (Phi) is 6.42. The first kappa shape index (κ1) is 21.2. The standard InChI is InChI=1S/C26H29NO4/c1-3-5-13-27(14-6-4-2)17-21-22(28)12-11-20-25(29)24(31-26(20)21)16-19-15-18-9-7-8-10-23(18)30-19/h7-12,15-16,28H,3-6,13-14,17H2,1-2H3/b24-16-. The van der Waals surface area contributed by atoms with E-state index >= 15 is 0 Å². The molecule has 2 heterocycles. The molecule has 1 N–H and O–H groups in total. The first-order valence-electron chi connectivity index (χ1n) is 11.2. The van der Waals surface area contributed by atoms with Crippen LogP contribution in [-0.2, 0) is 6.54 Å². The second kappa shape index (κ2) is 9.40. The van der Waals surface area contributed by atoms with Gasteiger partial charge in [-0.2, -0.15) is 0 Å². The van der Waals surface area contributed by atoms with E-state index in [9.17, 15) is 9.90 Å². The number of fused-ring (bicyclic) bond motifs is 2. The van der Waals surface area contributed by atoms with Crippen LogP contribution in [0.2, 0.25) is 0 Å². The molecule has 162 valence electrons. The number of hydrogen-bond acceptors (Lipinski definition) is 4. The minimum absolute atomic E-state index is 0.0676. The number of hydrogen-bond donors (Lipinski definition) is 1. The van der Waals surface area contributed by atoms with Gasteiger partial charge >= 0.3 is 0 Å². The molecule has 0 amide bonds. The molecule has 4 rings (SSSR count). The minimum atomic E-state index is -0.208. The number of nitrogens with one attached hydrogen (secondary N) is 1. The molecule has 1 aromatic heterocycles. The molecular formula is C26H29NO4. The van der Waals surface area contributed by atoms with Crippen molar-refractivity contribution < 1.29 is 24.0 Å². The van der Waals surface area contributed by atoms with Gasteiger partial charge in [0.1, 0.15) is 23.6 Å². The average Bonchev–Trinajstić information content (AvgIpc) is 3.32. The van der Waals surface area contributed by atoms with Crippen molar-refractivity contribution in [3.63, 3.8) is 0 Å². The van der Waals surface area contributed by atoms with E-state index in [1.54, 1.807) is 12.1 Å². The molecule has 1 aliphatic rings. The summed E-state index contributed by atoms with van der Waals surface area (Å²) in [6, 6.07) is 12.6. The van der Waals surface area contributed by atoms with Gasteiger partial charge in [-0.15, -0.1) is 0 Å². The number of ketones is 1. The van der Waals surface area contributed by atoms with Crippen molar-refractivity contribution in [3.05, 3.63) is 65.1 Å². The summed E-state index contributed by atoms with van der Waals surface area (Å²) in [6.45, 7) is 6.94. The Morgan fingerprint density at radius 2 is 1.77 bits per heavy atom. The molecule has 0 saturated carbocycles. The van der Waals surface area contributed by atoms with Crippen LogP contribution in [0.1, 0.15) is 61.2 Å². The first-order valence-corrected chi connectivity index (χ1v) is 11.2. The van der Waals surface area contributed by atoms with E-state index in [1.165, 1.54) is 11.0 Å². The maximum atomic E-state index is 13.0. The Bertz CT molecular complexity index is 1070. The number of quaternary nitrogens is 1. The normalized spacial score (nSPS) is 14.5. The Balaban J connectivity index is 1.62. The maximum Gasteiger partial charge on any atom is 0.232 e. The summed E-state index contributed by atoms with van der Waals surface area (Å²) in [5.74, 6) is 0.900. The van der Waals surface area contributed by atoms with Crippen LogP contribution in [0.25, 0.3) is 17.0 Å². The van der Waals surface area contributed by atoms with Crippen LogP contribution in [0, 0.1) is 0 Å². The molecule has 31 heavy (non-hydrogen) atoms. The second-order valence-corrected chi connectivity index (χ2v) is 8.18. The van der Waals surface area contributed by atoms with Gasteiger partial charge in [-0.05, 0) is 31.0 Å². The number of carbonyl (C=O) groups is 1. The van der Waals surface area contributed by atoms with Gasteiger partial charge in [0.2, 0.25) is 5.78 Å². The van der Waals surface area contributed by atoms with Gasteiger partial charge in [-0.3, -0.25) is 4.79 Å². The van der Waals surface area contributed by atoms with E-state index in [2.05, 4.69) is 13.8 Å². The molecule has 0 aliphatic carbocycles. The molecule has 0 atom stereocenters. The molecule has 1 aliphatic heterocycles. The molecule has 0 saturated heterocycles. The molecule has 0 unspecified atom stereocenters. The quantitative estimate of drug-likeness (QED) is 0.530. The number of benzene rings is 2. The van der Waals surface area contributed by atoms with Gasteiger partial charge in [0.05, 0.1) is 18.7 Å². The molecule has 0 radical (unpaired) electrons. The van der Waals surface area contributed by atoms with E-state index < -0.39 is 0 Å². The number of rotatable bonds is 9. The van der Waals surface area contributed by atoms with E-state index in [1.807, 2.05) is 30.3 Å². The van der Waals surface area contributed by atoms with Crippen molar-refractivity contribution >= 4 is 22.8 Å². The zero-order chi connectivity index (χ0) is 21.8. The lowest BCUT2D eigenvalue weighted by Crippen LogP contribution is -3.10. The van der Waals surface area contributed by atoms with Crippen molar-refractivity contribution in [3.8, 4) is 11.5 Å². The van der Waals surface area contributed by atoms with Crippen LogP contribution in [0.15, 0.2) is 52.6 Å². The van der Waals surface area contributed by atoms with E-state index in [0.717, 1.165) is 49.7 Å². The van der Waals surface area contributed by atoms with E-state index in [0.29, 0.717) is 29.2 Å². The number of para-hydroxylation sites is 1. The van der Waals surface area contributed by atoms with Crippen molar-refractivity contribution in [2.75, 3.05) is 13.1 Å². The highest BCUT2D eigenvalue weighted by molar-refractivity contribution is 6.14. The monoisotopic (exact) mass is 419 g/mol. The van der Waals surface area contributed by atoms with Gasteiger partial charge < -0.3 is 19.2 Å². The van der Waals surface area contributed by atoms with E-state index in [4.69, 9.17) is 9.15 Å². The average molecular weight is 420 g/mol. The molecule has 5 nitrogen and oxygen atoms in total. The van der Waals surface area contributed by atoms with Gasteiger partial charge in [0.15, 0.2) is 5.76 Å². The third kappa shape index (κ3) is 4.52. The fourth-order valence-electron chi connectivity index (χ4n) is 4.06. The lowest BCUT2D eigenvalue weighted by atomic mass is 10.0. The number of furan rings is 1. The molecule has 3 aromatic rings. The maximum absolute atomic E-state index is 13.0. The number of Topliss-reactive ketones (excluding diaryl/α,β-unsaturated/α-hetero) is 1. The Labute approximate surface area is 182 Å². The molecule has 2 aromatic carbocycles. The van der Waals surface area contributed by atoms with E-state index in [-0.39, 0.29) is 17.3 Å². The molecule has 0 fully saturated rings. The number of unbranched alkanes of at least 4 members (excludes halogenated alkanes) is 2.